The van der Waals surface area contributed by atoms with Gasteiger partial charge in [0.05, 0.1) is 0 Å². The number of carbonyl (C=O) groups is 2. The van der Waals surface area contributed by atoms with Gasteiger partial charge in [-0.05, 0) is 37.0 Å². The van der Waals surface area contributed by atoms with Crippen molar-refractivity contribution in [3.63, 3.8) is 0 Å². The highest BCUT2D eigenvalue weighted by molar-refractivity contribution is 8.13. The van der Waals surface area contributed by atoms with Crippen LogP contribution in [-0.4, -0.2) is 27.2 Å². The summed E-state index contributed by atoms with van der Waals surface area (Å²) in [6, 6.07) is 0. The van der Waals surface area contributed by atoms with Gasteiger partial charge in [0.25, 0.3) is 0 Å². The van der Waals surface area contributed by atoms with E-state index in [1.54, 1.807) is 0 Å². The first-order valence-electron chi connectivity index (χ1n) is 7.73. The van der Waals surface area contributed by atoms with Gasteiger partial charge in [0.15, 0.2) is 5.78 Å². The van der Waals surface area contributed by atoms with E-state index < -0.39 is 0 Å². The van der Waals surface area contributed by atoms with E-state index in [1.165, 1.54) is 17.3 Å². The van der Waals surface area contributed by atoms with Crippen LogP contribution in [0.2, 0.25) is 0 Å². The van der Waals surface area contributed by atoms with Crippen LogP contribution in [0.1, 0.15) is 25.7 Å². The second kappa shape index (κ2) is 5.27. The summed E-state index contributed by atoms with van der Waals surface area (Å²) in [4.78, 5) is 23.5. The molecule has 114 valence electrons. The second-order valence-corrected chi connectivity index (χ2v) is 8.72. The van der Waals surface area contributed by atoms with Crippen LogP contribution >= 0.6 is 23.5 Å². The Kier molecular flexibility index (Phi) is 3.50. The number of fused-ring (bicyclic) bond motifs is 2. The zero-order valence-electron chi connectivity index (χ0n) is 12.5. The van der Waals surface area contributed by atoms with Crippen molar-refractivity contribution in [2.75, 3.05) is 6.26 Å². The Labute approximate surface area is 139 Å². The number of ketones is 1. The van der Waals surface area contributed by atoms with Crippen LogP contribution in [0.3, 0.4) is 0 Å². The van der Waals surface area contributed by atoms with E-state index in [0.717, 1.165) is 30.4 Å². The van der Waals surface area contributed by atoms with Crippen molar-refractivity contribution in [2.24, 2.45) is 5.92 Å². The number of hydrogen-bond donors (Lipinski definition) is 0. The van der Waals surface area contributed by atoms with Crippen molar-refractivity contribution in [2.45, 2.75) is 35.7 Å². The van der Waals surface area contributed by atoms with Gasteiger partial charge < -0.3 is 0 Å². The quantitative estimate of drug-likeness (QED) is 0.787. The molecule has 0 heterocycles. The van der Waals surface area contributed by atoms with Crippen LogP contribution in [-0.2, 0) is 9.59 Å². The Morgan fingerprint density at radius 3 is 2.95 bits per heavy atom. The molecule has 0 bridgehead atoms. The highest BCUT2D eigenvalue weighted by atomic mass is 32.2. The van der Waals surface area contributed by atoms with Gasteiger partial charge in [-0.15, -0.1) is 11.8 Å². The molecule has 0 spiro atoms. The first-order chi connectivity index (χ1) is 10.6. The van der Waals surface area contributed by atoms with Gasteiger partial charge in [-0.2, -0.15) is 0 Å². The summed E-state index contributed by atoms with van der Waals surface area (Å²) in [7, 11) is 0. The van der Waals surface area contributed by atoms with Crippen LogP contribution in [0.25, 0.3) is 0 Å². The first kappa shape index (κ1) is 14.6. The normalized spacial score (nSPS) is 35.3. The van der Waals surface area contributed by atoms with Crippen molar-refractivity contribution in [1.82, 2.24) is 0 Å². The third-order valence-corrected chi connectivity index (χ3v) is 7.22. The highest BCUT2D eigenvalue weighted by Crippen LogP contribution is 2.60. The van der Waals surface area contributed by atoms with Crippen molar-refractivity contribution in [3.8, 4) is 0 Å². The minimum absolute atomic E-state index is 0.165. The van der Waals surface area contributed by atoms with E-state index in [2.05, 4.69) is 24.3 Å². The van der Waals surface area contributed by atoms with Crippen molar-refractivity contribution in [3.05, 3.63) is 47.1 Å². The minimum atomic E-state index is 0.165. The second-order valence-electron chi connectivity index (χ2n) is 6.34. The largest absolute Gasteiger partial charge is 0.294 e. The molecule has 0 aliphatic heterocycles. The fourth-order valence-electron chi connectivity index (χ4n) is 3.61. The molecule has 3 atom stereocenters. The number of rotatable bonds is 3. The summed E-state index contributed by atoms with van der Waals surface area (Å²) in [5, 5.41) is 0.629. The molecule has 4 aliphatic carbocycles. The molecule has 2 nitrogen and oxygen atoms in total. The molecular formula is C18H18O2S2. The fourth-order valence-corrected chi connectivity index (χ4v) is 5.64. The summed E-state index contributed by atoms with van der Waals surface area (Å²) in [5.74, 6) is 0.820. The predicted octanol–water partition coefficient (Wildman–Crippen LogP) is 3.85. The number of Topliss-reactive ketones (excluding diaryl/α,β-unsaturated/α-hetero) is 1. The van der Waals surface area contributed by atoms with Crippen molar-refractivity contribution < 1.29 is 9.59 Å². The van der Waals surface area contributed by atoms with E-state index in [4.69, 9.17) is 0 Å². The zero-order chi connectivity index (χ0) is 15.3. The van der Waals surface area contributed by atoms with Crippen molar-refractivity contribution >= 4 is 34.4 Å². The first-order valence-corrected chi connectivity index (χ1v) is 9.83. The maximum atomic E-state index is 11.8. The Balaban J connectivity index is 1.45. The molecule has 3 unspecified atom stereocenters. The lowest BCUT2D eigenvalue weighted by atomic mass is 10.0. The maximum Gasteiger partial charge on any atom is 0.218 e. The summed E-state index contributed by atoms with van der Waals surface area (Å²) >= 11 is 3.29. The highest BCUT2D eigenvalue weighted by Gasteiger charge is 2.54. The van der Waals surface area contributed by atoms with Crippen LogP contribution in [0.5, 0.6) is 0 Å². The monoisotopic (exact) mass is 330 g/mol. The Morgan fingerprint density at radius 1 is 1.32 bits per heavy atom. The number of allylic oxidation sites excluding steroid dienone is 5. The van der Waals surface area contributed by atoms with Gasteiger partial charge in [0.1, 0.15) is 0 Å². The van der Waals surface area contributed by atoms with Gasteiger partial charge >= 0.3 is 0 Å². The smallest absolute Gasteiger partial charge is 0.218 e. The molecular weight excluding hydrogens is 312 g/mol. The average molecular weight is 330 g/mol. The molecule has 0 N–H and O–H groups in total. The third-order valence-electron chi connectivity index (χ3n) is 4.93. The molecule has 2 fully saturated rings. The lowest BCUT2D eigenvalue weighted by Gasteiger charge is -2.23. The Bertz CT molecular complexity index is 683. The SMILES string of the molecule is CSC(=O)C1=CC2CC2(SC2C=C3CCC(=O)C3=CC2)C=C1. The van der Waals surface area contributed by atoms with E-state index in [0.29, 0.717) is 23.4 Å². The lowest BCUT2D eigenvalue weighted by molar-refractivity contribution is -0.114. The maximum absolute atomic E-state index is 11.8. The number of hydrogen-bond acceptors (Lipinski definition) is 4. The van der Waals surface area contributed by atoms with Gasteiger partial charge in [0, 0.05) is 27.6 Å². The van der Waals surface area contributed by atoms with Crippen LogP contribution in [0.15, 0.2) is 47.1 Å². The van der Waals surface area contributed by atoms with E-state index in [9.17, 15) is 9.59 Å². The minimum Gasteiger partial charge on any atom is -0.294 e. The lowest BCUT2D eigenvalue weighted by Crippen LogP contribution is -2.15. The summed E-state index contributed by atoms with van der Waals surface area (Å²) < 4.78 is 0.192. The van der Waals surface area contributed by atoms with E-state index >= 15 is 0 Å². The standard InChI is InChI=1S/C18H18O2S2/c1-21-17(20)12-6-7-18(10-13(18)8-12)22-14-3-4-15-11(9-14)2-5-16(15)19/h4,6-9,13-14H,2-3,5,10H2,1H3. The van der Waals surface area contributed by atoms with Gasteiger partial charge in [0.2, 0.25) is 5.12 Å². The molecule has 0 saturated heterocycles. The van der Waals surface area contributed by atoms with Gasteiger partial charge in [-0.1, -0.05) is 42.1 Å². The third kappa shape index (κ3) is 2.37. The molecule has 0 aromatic heterocycles. The molecule has 4 aliphatic rings. The fraction of sp³-hybridized carbons (Fsp3) is 0.444. The summed E-state index contributed by atoms with van der Waals surface area (Å²) in [5.41, 5.74) is 3.10. The topological polar surface area (TPSA) is 34.1 Å². The molecule has 0 radical (unpaired) electrons. The predicted molar refractivity (Wildman–Crippen MR) is 93.0 cm³/mol. The van der Waals surface area contributed by atoms with E-state index in [1.807, 2.05) is 24.1 Å². The van der Waals surface area contributed by atoms with Crippen LogP contribution in [0, 0.1) is 5.92 Å². The van der Waals surface area contributed by atoms with Crippen LogP contribution < -0.4 is 0 Å². The van der Waals surface area contributed by atoms with Gasteiger partial charge in [-0.3, -0.25) is 9.59 Å². The molecule has 0 aromatic carbocycles. The molecule has 0 aromatic rings. The molecule has 0 amide bonds. The molecule has 22 heavy (non-hydrogen) atoms. The Hall–Kier alpha value is -1.00. The molecule has 4 heteroatoms. The number of carbonyl (C=O) groups excluding carboxylic acids is 2. The molecule has 4 rings (SSSR count). The summed E-state index contributed by atoms with van der Waals surface area (Å²) in [6.45, 7) is 0. The summed E-state index contributed by atoms with van der Waals surface area (Å²) in [6.07, 6.45) is 16.4. The molecule has 2 saturated carbocycles. The number of thioether (sulfide) groups is 2. The zero-order valence-corrected chi connectivity index (χ0v) is 14.1. The van der Waals surface area contributed by atoms with E-state index in [-0.39, 0.29) is 9.86 Å². The average Bonchev–Trinajstić information content (AvgIpc) is 3.13. The van der Waals surface area contributed by atoms with Gasteiger partial charge in [-0.25, -0.2) is 0 Å². The Morgan fingerprint density at radius 2 is 2.18 bits per heavy atom. The van der Waals surface area contributed by atoms with Crippen molar-refractivity contribution in [1.29, 1.82) is 0 Å². The van der Waals surface area contributed by atoms with Crippen LogP contribution in [0.4, 0.5) is 0 Å².